The molecule has 0 amide bonds. The molecule has 0 unspecified atom stereocenters. The van der Waals surface area contributed by atoms with Gasteiger partial charge in [-0.25, -0.2) is 4.98 Å². The SMILES string of the molecule is Brc1cccc(-c2ccc3cccc(OCc4ccccc4)c3n2)c1. The number of fused-ring (bicyclic) bond motifs is 1. The van der Waals surface area contributed by atoms with Gasteiger partial charge in [0.25, 0.3) is 0 Å². The first-order valence-electron chi connectivity index (χ1n) is 8.12. The number of ether oxygens (including phenoxy) is 1. The highest BCUT2D eigenvalue weighted by Gasteiger charge is 2.07. The lowest BCUT2D eigenvalue weighted by molar-refractivity contribution is 0.309. The van der Waals surface area contributed by atoms with Crippen molar-refractivity contribution in [2.45, 2.75) is 6.61 Å². The number of benzene rings is 3. The van der Waals surface area contributed by atoms with Crippen molar-refractivity contribution >= 4 is 26.8 Å². The fraction of sp³-hybridized carbons (Fsp3) is 0.0455. The average Bonchev–Trinajstić information content (AvgIpc) is 2.67. The minimum atomic E-state index is 0.531. The van der Waals surface area contributed by atoms with E-state index in [1.54, 1.807) is 0 Å². The first kappa shape index (κ1) is 15.9. The molecule has 3 heteroatoms. The third kappa shape index (κ3) is 3.57. The zero-order valence-electron chi connectivity index (χ0n) is 13.5. The van der Waals surface area contributed by atoms with Crippen molar-refractivity contribution in [3.05, 3.63) is 95.0 Å². The van der Waals surface area contributed by atoms with E-state index in [0.29, 0.717) is 6.61 Å². The summed E-state index contributed by atoms with van der Waals surface area (Å²) in [4.78, 5) is 4.85. The molecule has 0 radical (unpaired) electrons. The summed E-state index contributed by atoms with van der Waals surface area (Å²) in [5.74, 6) is 0.804. The number of halogens is 1. The summed E-state index contributed by atoms with van der Waals surface area (Å²) < 4.78 is 7.09. The molecular weight excluding hydrogens is 374 g/mol. The van der Waals surface area contributed by atoms with Crippen LogP contribution in [-0.2, 0) is 6.61 Å². The summed E-state index contributed by atoms with van der Waals surface area (Å²) in [6.45, 7) is 0.531. The van der Waals surface area contributed by atoms with Crippen molar-refractivity contribution in [3.8, 4) is 17.0 Å². The number of pyridine rings is 1. The number of para-hydroxylation sites is 1. The highest BCUT2D eigenvalue weighted by atomic mass is 79.9. The summed E-state index contributed by atoms with van der Waals surface area (Å²) in [6, 6.07) is 28.5. The van der Waals surface area contributed by atoms with Crippen LogP contribution in [0.5, 0.6) is 5.75 Å². The van der Waals surface area contributed by atoms with Crippen LogP contribution in [0.2, 0.25) is 0 Å². The fourth-order valence-corrected chi connectivity index (χ4v) is 3.18. The summed E-state index contributed by atoms with van der Waals surface area (Å²) in [5, 5.41) is 1.07. The number of hydrogen-bond acceptors (Lipinski definition) is 2. The van der Waals surface area contributed by atoms with Crippen LogP contribution in [0, 0.1) is 0 Å². The highest BCUT2D eigenvalue weighted by molar-refractivity contribution is 9.10. The predicted octanol–water partition coefficient (Wildman–Crippen LogP) is 6.24. The van der Waals surface area contributed by atoms with E-state index in [4.69, 9.17) is 9.72 Å². The van der Waals surface area contributed by atoms with Crippen molar-refractivity contribution in [1.29, 1.82) is 0 Å². The van der Waals surface area contributed by atoms with Crippen LogP contribution < -0.4 is 4.74 Å². The van der Waals surface area contributed by atoms with Gasteiger partial charge in [-0.3, -0.25) is 0 Å². The zero-order valence-corrected chi connectivity index (χ0v) is 15.1. The lowest BCUT2D eigenvalue weighted by Gasteiger charge is -2.10. The second-order valence-corrected chi connectivity index (χ2v) is 6.72. The maximum absolute atomic E-state index is 6.05. The minimum absolute atomic E-state index is 0.531. The van der Waals surface area contributed by atoms with Gasteiger partial charge in [-0.05, 0) is 29.8 Å². The van der Waals surface area contributed by atoms with E-state index < -0.39 is 0 Å². The van der Waals surface area contributed by atoms with Crippen LogP contribution in [0.3, 0.4) is 0 Å². The van der Waals surface area contributed by atoms with E-state index in [1.807, 2.05) is 48.5 Å². The number of aromatic nitrogens is 1. The van der Waals surface area contributed by atoms with Gasteiger partial charge in [0.2, 0.25) is 0 Å². The maximum atomic E-state index is 6.05. The topological polar surface area (TPSA) is 22.1 Å². The average molecular weight is 390 g/mol. The molecule has 0 bridgehead atoms. The smallest absolute Gasteiger partial charge is 0.146 e. The van der Waals surface area contributed by atoms with E-state index >= 15 is 0 Å². The summed E-state index contributed by atoms with van der Waals surface area (Å²) in [6.07, 6.45) is 0. The molecule has 1 heterocycles. The van der Waals surface area contributed by atoms with Crippen LogP contribution >= 0.6 is 15.9 Å². The van der Waals surface area contributed by atoms with Gasteiger partial charge in [0.15, 0.2) is 0 Å². The second kappa shape index (κ2) is 7.08. The fourth-order valence-electron chi connectivity index (χ4n) is 2.78. The monoisotopic (exact) mass is 389 g/mol. The van der Waals surface area contributed by atoms with Gasteiger partial charge < -0.3 is 4.74 Å². The highest BCUT2D eigenvalue weighted by Crippen LogP contribution is 2.29. The first-order valence-corrected chi connectivity index (χ1v) is 8.91. The molecule has 4 aromatic rings. The molecule has 0 N–H and O–H groups in total. The molecule has 2 nitrogen and oxygen atoms in total. The van der Waals surface area contributed by atoms with Gasteiger partial charge >= 0.3 is 0 Å². The van der Waals surface area contributed by atoms with Crippen LogP contribution in [0.4, 0.5) is 0 Å². The quantitative estimate of drug-likeness (QED) is 0.411. The Morgan fingerprint density at radius 2 is 1.64 bits per heavy atom. The first-order chi connectivity index (χ1) is 12.3. The van der Waals surface area contributed by atoms with Crippen LogP contribution in [0.15, 0.2) is 89.4 Å². The Hall–Kier alpha value is -2.65. The summed E-state index contributed by atoms with van der Waals surface area (Å²) in [5.41, 5.74) is 4.04. The van der Waals surface area contributed by atoms with Crippen molar-refractivity contribution < 1.29 is 4.74 Å². The molecule has 0 aliphatic carbocycles. The molecule has 1 aromatic heterocycles. The molecule has 3 aromatic carbocycles. The van der Waals surface area contributed by atoms with Gasteiger partial charge in [0.1, 0.15) is 17.9 Å². The molecule has 122 valence electrons. The normalized spacial score (nSPS) is 10.8. The third-order valence-corrected chi connectivity index (χ3v) is 4.53. The van der Waals surface area contributed by atoms with Crippen molar-refractivity contribution in [1.82, 2.24) is 4.98 Å². The molecule has 0 saturated carbocycles. The van der Waals surface area contributed by atoms with Gasteiger partial charge in [0.05, 0.1) is 5.69 Å². The van der Waals surface area contributed by atoms with Crippen molar-refractivity contribution in [2.24, 2.45) is 0 Å². The van der Waals surface area contributed by atoms with Crippen LogP contribution in [0.1, 0.15) is 5.56 Å². The van der Waals surface area contributed by atoms with Crippen molar-refractivity contribution in [3.63, 3.8) is 0 Å². The Balaban J connectivity index is 1.71. The molecular formula is C22H16BrNO. The molecule has 4 rings (SSSR count). The Kier molecular flexibility index (Phi) is 4.49. The lowest BCUT2D eigenvalue weighted by Crippen LogP contribution is -1.97. The van der Waals surface area contributed by atoms with Crippen LogP contribution in [-0.4, -0.2) is 4.98 Å². The van der Waals surface area contributed by atoms with Gasteiger partial charge in [-0.2, -0.15) is 0 Å². The molecule has 0 spiro atoms. The summed E-state index contributed by atoms with van der Waals surface area (Å²) in [7, 11) is 0. The van der Waals surface area contributed by atoms with E-state index in [2.05, 4.69) is 52.3 Å². The second-order valence-electron chi connectivity index (χ2n) is 5.81. The van der Waals surface area contributed by atoms with Gasteiger partial charge in [0, 0.05) is 15.4 Å². The van der Waals surface area contributed by atoms with E-state index in [9.17, 15) is 0 Å². The van der Waals surface area contributed by atoms with E-state index in [0.717, 1.165) is 37.9 Å². The van der Waals surface area contributed by atoms with Gasteiger partial charge in [-0.15, -0.1) is 0 Å². The molecule has 25 heavy (non-hydrogen) atoms. The molecule has 0 aliphatic rings. The number of nitrogens with zero attached hydrogens (tertiary/aromatic N) is 1. The lowest BCUT2D eigenvalue weighted by atomic mass is 10.1. The molecule has 0 aliphatic heterocycles. The number of hydrogen-bond donors (Lipinski definition) is 0. The van der Waals surface area contributed by atoms with E-state index in [1.165, 1.54) is 0 Å². The maximum Gasteiger partial charge on any atom is 0.146 e. The Morgan fingerprint density at radius 1 is 0.800 bits per heavy atom. The van der Waals surface area contributed by atoms with Crippen LogP contribution in [0.25, 0.3) is 22.2 Å². The largest absolute Gasteiger partial charge is 0.487 e. The van der Waals surface area contributed by atoms with E-state index in [-0.39, 0.29) is 0 Å². The Labute approximate surface area is 155 Å². The standard InChI is InChI=1S/C22H16BrNO/c23-19-10-4-9-18(14-19)20-13-12-17-8-5-11-21(22(17)24-20)25-15-16-6-2-1-3-7-16/h1-14H,15H2. The zero-order chi connectivity index (χ0) is 17.1. The Bertz CT molecular complexity index is 1010. The molecule has 0 fully saturated rings. The Morgan fingerprint density at radius 3 is 2.48 bits per heavy atom. The minimum Gasteiger partial charge on any atom is -0.487 e. The van der Waals surface area contributed by atoms with Gasteiger partial charge in [-0.1, -0.05) is 76.6 Å². The summed E-state index contributed by atoms with van der Waals surface area (Å²) >= 11 is 3.52. The third-order valence-electron chi connectivity index (χ3n) is 4.04. The predicted molar refractivity (Wildman–Crippen MR) is 106 cm³/mol. The van der Waals surface area contributed by atoms with Crippen molar-refractivity contribution in [2.75, 3.05) is 0 Å². The molecule has 0 saturated heterocycles. The number of rotatable bonds is 4. The molecule has 0 atom stereocenters.